The molecule has 0 radical (unpaired) electrons. The van der Waals surface area contributed by atoms with E-state index in [2.05, 4.69) is 37.3 Å². The molecule has 2 nitrogen and oxygen atoms in total. The minimum atomic E-state index is -1.67. The van der Waals surface area contributed by atoms with E-state index < -0.39 is 5.79 Å². The van der Waals surface area contributed by atoms with Crippen molar-refractivity contribution in [1.82, 2.24) is 0 Å². The van der Waals surface area contributed by atoms with Crippen molar-refractivity contribution in [1.29, 1.82) is 0 Å². The zero-order valence-electron chi connectivity index (χ0n) is 12.3. The van der Waals surface area contributed by atoms with Gasteiger partial charge in [0.1, 0.15) is 0 Å². The Labute approximate surface area is 121 Å². The predicted molar refractivity (Wildman–Crippen MR) is 83.3 cm³/mol. The van der Waals surface area contributed by atoms with E-state index >= 15 is 0 Å². The Morgan fingerprint density at radius 1 is 0.800 bits per heavy atom. The average Bonchev–Trinajstić information content (AvgIpc) is 2.50. The highest BCUT2D eigenvalue weighted by Crippen LogP contribution is 2.20. The van der Waals surface area contributed by atoms with Gasteiger partial charge in [-0.25, -0.2) is 0 Å². The van der Waals surface area contributed by atoms with Gasteiger partial charge in [0.25, 0.3) is 0 Å². The lowest BCUT2D eigenvalue weighted by molar-refractivity contribution is -0.171. The number of aryl methyl sites for hydroxylation is 1. The van der Waals surface area contributed by atoms with Crippen LogP contribution in [-0.2, 0) is 12.2 Å². The summed E-state index contributed by atoms with van der Waals surface area (Å²) in [6.07, 6.45) is 2.75. The van der Waals surface area contributed by atoms with Gasteiger partial charge in [0.05, 0.1) is 0 Å². The lowest BCUT2D eigenvalue weighted by Gasteiger charge is -2.19. The SMILES string of the molecule is CCC(O)(O)c1ccccc1.CCCc1ccccc1. The first-order valence-corrected chi connectivity index (χ1v) is 7.14. The maximum Gasteiger partial charge on any atom is 0.189 e. The van der Waals surface area contributed by atoms with E-state index in [1.807, 2.05) is 6.07 Å². The van der Waals surface area contributed by atoms with E-state index in [1.54, 1.807) is 31.2 Å². The first-order valence-electron chi connectivity index (χ1n) is 7.14. The predicted octanol–water partition coefficient (Wildman–Crippen LogP) is 3.87. The molecule has 108 valence electrons. The fraction of sp³-hybridized carbons (Fsp3) is 0.333. The van der Waals surface area contributed by atoms with Crippen molar-refractivity contribution in [3.8, 4) is 0 Å². The van der Waals surface area contributed by atoms with Crippen LogP contribution in [0.4, 0.5) is 0 Å². The van der Waals surface area contributed by atoms with E-state index in [9.17, 15) is 10.2 Å². The number of hydrogen-bond donors (Lipinski definition) is 2. The van der Waals surface area contributed by atoms with Crippen LogP contribution < -0.4 is 0 Å². The number of rotatable bonds is 4. The Hall–Kier alpha value is -1.64. The van der Waals surface area contributed by atoms with Gasteiger partial charge in [0.15, 0.2) is 5.79 Å². The molecule has 0 unspecified atom stereocenters. The minimum absolute atomic E-state index is 0.303. The zero-order chi connectivity index (χ0) is 14.8. The normalized spacial score (nSPS) is 10.6. The molecular formula is C18H24O2. The van der Waals surface area contributed by atoms with Crippen LogP contribution in [0.2, 0.25) is 0 Å². The monoisotopic (exact) mass is 272 g/mol. The van der Waals surface area contributed by atoms with Crippen LogP contribution in [0, 0.1) is 0 Å². The van der Waals surface area contributed by atoms with Crippen molar-refractivity contribution in [3.05, 3.63) is 71.8 Å². The van der Waals surface area contributed by atoms with Gasteiger partial charge in [-0.15, -0.1) is 0 Å². The molecule has 2 rings (SSSR count). The van der Waals surface area contributed by atoms with Crippen LogP contribution in [0.3, 0.4) is 0 Å². The smallest absolute Gasteiger partial charge is 0.189 e. The molecule has 0 aliphatic carbocycles. The summed E-state index contributed by atoms with van der Waals surface area (Å²) in [5, 5.41) is 18.7. The van der Waals surface area contributed by atoms with Crippen LogP contribution in [0.5, 0.6) is 0 Å². The molecule has 0 saturated heterocycles. The van der Waals surface area contributed by atoms with Crippen LogP contribution in [0.15, 0.2) is 60.7 Å². The molecule has 2 aromatic rings. The van der Waals surface area contributed by atoms with Gasteiger partial charge in [-0.1, -0.05) is 80.9 Å². The first kappa shape index (κ1) is 16.4. The van der Waals surface area contributed by atoms with E-state index in [1.165, 1.54) is 18.4 Å². The van der Waals surface area contributed by atoms with Gasteiger partial charge >= 0.3 is 0 Å². The Bertz CT molecular complexity index is 463. The number of benzene rings is 2. The highest BCUT2D eigenvalue weighted by Gasteiger charge is 2.21. The van der Waals surface area contributed by atoms with E-state index in [4.69, 9.17) is 0 Å². The summed E-state index contributed by atoms with van der Waals surface area (Å²) >= 11 is 0. The maximum atomic E-state index is 9.35. The van der Waals surface area contributed by atoms with Gasteiger partial charge in [0, 0.05) is 12.0 Å². The molecule has 0 saturated carbocycles. The quantitative estimate of drug-likeness (QED) is 0.829. The van der Waals surface area contributed by atoms with Gasteiger partial charge in [0.2, 0.25) is 0 Å². The van der Waals surface area contributed by atoms with Gasteiger partial charge in [-0.05, 0) is 12.0 Å². The average molecular weight is 272 g/mol. The topological polar surface area (TPSA) is 40.5 Å². The summed E-state index contributed by atoms with van der Waals surface area (Å²) in [5.41, 5.74) is 1.99. The molecule has 0 aromatic heterocycles. The van der Waals surface area contributed by atoms with E-state index in [-0.39, 0.29) is 0 Å². The molecule has 2 aromatic carbocycles. The summed E-state index contributed by atoms with van der Waals surface area (Å²) in [5.74, 6) is -1.67. The standard InChI is InChI=1S/C9H12O2.C9H12/c1-2-9(10,11)8-6-4-3-5-7-8;1-2-6-9-7-4-3-5-8-9/h3-7,10-11H,2H2,1H3;3-5,7-8H,2,6H2,1H3. The molecule has 0 amide bonds. The second-order valence-corrected chi connectivity index (χ2v) is 4.77. The largest absolute Gasteiger partial charge is 0.362 e. The van der Waals surface area contributed by atoms with Crippen LogP contribution in [0.1, 0.15) is 37.8 Å². The maximum absolute atomic E-state index is 9.35. The van der Waals surface area contributed by atoms with E-state index in [0.29, 0.717) is 12.0 Å². The minimum Gasteiger partial charge on any atom is -0.362 e. The lowest BCUT2D eigenvalue weighted by atomic mass is 10.0. The van der Waals surface area contributed by atoms with Gasteiger partial charge in [-0.3, -0.25) is 0 Å². The molecule has 0 aliphatic heterocycles. The zero-order valence-corrected chi connectivity index (χ0v) is 12.3. The fourth-order valence-electron chi connectivity index (χ4n) is 1.84. The lowest BCUT2D eigenvalue weighted by Crippen LogP contribution is -2.23. The molecule has 0 heterocycles. The molecule has 0 fully saturated rings. The molecule has 20 heavy (non-hydrogen) atoms. The van der Waals surface area contributed by atoms with Crippen molar-refractivity contribution in [3.63, 3.8) is 0 Å². The third-order valence-corrected chi connectivity index (χ3v) is 3.11. The summed E-state index contributed by atoms with van der Waals surface area (Å²) in [6, 6.07) is 19.4. The summed E-state index contributed by atoms with van der Waals surface area (Å²) in [7, 11) is 0. The third kappa shape index (κ3) is 5.55. The Morgan fingerprint density at radius 3 is 1.75 bits per heavy atom. The molecular weight excluding hydrogens is 248 g/mol. The van der Waals surface area contributed by atoms with Crippen LogP contribution in [0.25, 0.3) is 0 Å². The Kier molecular flexibility index (Phi) is 6.99. The van der Waals surface area contributed by atoms with Crippen molar-refractivity contribution in [2.24, 2.45) is 0 Å². The summed E-state index contributed by atoms with van der Waals surface area (Å²) in [6.45, 7) is 3.93. The van der Waals surface area contributed by atoms with Gasteiger partial charge in [-0.2, -0.15) is 0 Å². The van der Waals surface area contributed by atoms with Crippen LogP contribution >= 0.6 is 0 Å². The van der Waals surface area contributed by atoms with Crippen LogP contribution in [-0.4, -0.2) is 10.2 Å². The molecule has 0 bridgehead atoms. The molecule has 0 spiro atoms. The molecule has 0 aliphatic rings. The second kappa shape index (κ2) is 8.51. The first-order chi connectivity index (χ1) is 9.60. The summed E-state index contributed by atoms with van der Waals surface area (Å²) in [4.78, 5) is 0. The van der Waals surface area contributed by atoms with Crippen molar-refractivity contribution in [2.45, 2.75) is 38.9 Å². The van der Waals surface area contributed by atoms with Crippen molar-refractivity contribution in [2.75, 3.05) is 0 Å². The van der Waals surface area contributed by atoms with Crippen molar-refractivity contribution >= 4 is 0 Å². The second-order valence-electron chi connectivity index (χ2n) is 4.77. The highest BCUT2D eigenvalue weighted by atomic mass is 16.5. The third-order valence-electron chi connectivity index (χ3n) is 3.11. The molecule has 0 atom stereocenters. The van der Waals surface area contributed by atoms with Gasteiger partial charge < -0.3 is 10.2 Å². The fourth-order valence-corrected chi connectivity index (χ4v) is 1.84. The number of hydrogen-bond acceptors (Lipinski definition) is 2. The highest BCUT2D eigenvalue weighted by molar-refractivity contribution is 5.19. The summed E-state index contributed by atoms with van der Waals surface area (Å²) < 4.78 is 0. The number of aliphatic hydroxyl groups is 2. The van der Waals surface area contributed by atoms with E-state index in [0.717, 1.165) is 0 Å². The Balaban J connectivity index is 0.000000204. The molecule has 2 N–H and O–H groups in total. The molecule has 2 heteroatoms. The Morgan fingerprint density at radius 2 is 1.30 bits per heavy atom. The van der Waals surface area contributed by atoms with Crippen molar-refractivity contribution < 1.29 is 10.2 Å².